The van der Waals surface area contributed by atoms with Gasteiger partial charge in [-0.1, -0.05) is 31.4 Å². The molecule has 0 amide bonds. The fraction of sp³-hybridized carbons (Fsp3) is 0.600. The van der Waals surface area contributed by atoms with Crippen molar-refractivity contribution in [3.63, 3.8) is 0 Å². The molecule has 1 aliphatic rings. The first kappa shape index (κ1) is 14.4. The van der Waals surface area contributed by atoms with Gasteiger partial charge in [-0.25, -0.2) is 8.42 Å². The van der Waals surface area contributed by atoms with Crippen molar-refractivity contribution in [3.05, 3.63) is 29.3 Å². The van der Waals surface area contributed by atoms with E-state index in [9.17, 15) is 8.42 Å². The van der Waals surface area contributed by atoms with E-state index < -0.39 is 10.0 Å². The second-order valence-corrected chi connectivity index (χ2v) is 7.71. The normalized spacial score (nSPS) is 15.5. The molecule has 0 heterocycles. The van der Waals surface area contributed by atoms with Crippen LogP contribution >= 0.6 is 0 Å². The highest BCUT2D eigenvalue weighted by Crippen LogP contribution is 2.34. The van der Waals surface area contributed by atoms with Crippen LogP contribution in [0.3, 0.4) is 0 Å². The third-order valence-electron chi connectivity index (χ3n) is 3.83. The van der Waals surface area contributed by atoms with Crippen LogP contribution in [-0.4, -0.2) is 21.7 Å². The van der Waals surface area contributed by atoms with E-state index in [-0.39, 0.29) is 0 Å². The molecule has 0 spiro atoms. The van der Waals surface area contributed by atoms with Gasteiger partial charge in [0.15, 0.2) is 0 Å². The standard InChI is InChI=1S/C15H23NO2S/c1-12-7-10-14(6-4-5-13-8-9-13)15(11-12)16(2)19(3,17)18/h7,10-11,13H,4-6,8-9H2,1-3H3. The maximum absolute atomic E-state index is 11.7. The van der Waals surface area contributed by atoms with Gasteiger partial charge in [-0.3, -0.25) is 4.31 Å². The van der Waals surface area contributed by atoms with E-state index in [0.717, 1.165) is 35.6 Å². The van der Waals surface area contributed by atoms with Crippen LogP contribution in [0.25, 0.3) is 0 Å². The van der Waals surface area contributed by atoms with E-state index >= 15 is 0 Å². The smallest absolute Gasteiger partial charge is 0.232 e. The minimum Gasteiger partial charge on any atom is -0.273 e. The molecule has 0 N–H and O–H groups in total. The Bertz CT molecular complexity index is 547. The van der Waals surface area contributed by atoms with Crippen LogP contribution in [0.5, 0.6) is 0 Å². The second-order valence-electron chi connectivity index (χ2n) is 5.70. The fourth-order valence-corrected chi connectivity index (χ4v) is 2.87. The maximum atomic E-state index is 11.7. The average Bonchev–Trinajstić information content (AvgIpc) is 3.13. The summed E-state index contributed by atoms with van der Waals surface area (Å²) in [6, 6.07) is 6.10. The Kier molecular flexibility index (Phi) is 4.19. The van der Waals surface area contributed by atoms with Crippen molar-refractivity contribution in [3.8, 4) is 0 Å². The van der Waals surface area contributed by atoms with Crippen molar-refractivity contribution in [1.29, 1.82) is 0 Å². The van der Waals surface area contributed by atoms with Gasteiger partial charge >= 0.3 is 0 Å². The summed E-state index contributed by atoms with van der Waals surface area (Å²) in [5.41, 5.74) is 3.06. The summed E-state index contributed by atoms with van der Waals surface area (Å²) in [6.45, 7) is 1.99. The van der Waals surface area contributed by atoms with Crippen LogP contribution in [0.1, 0.15) is 36.8 Å². The minimum absolute atomic E-state index is 0.832. The lowest BCUT2D eigenvalue weighted by molar-refractivity contribution is 0.600. The zero-order valence-corrected chi connectivity index (χ0v) is 12.8. The summed E-state index contributed by atoms with van der Waals surface area (Å²) in [5.74, 6) is 0.932. The third kappa shape index (κ3) is 3.96. The van der Waals surface area contributed by atoms with Crippen molar-refractivity contribution < 1.29 is 8.42 Å². The molecular weight excluding hydrogens is 258 g/mol. The number of nitrogens with zero attached hydrogens (tertiary/aromatic N) is 1. The Morgan fingerprint density at radius 3 is 2.58 bits per heavy atom. The van der Waals surface area contributed by atoms with Gasteiger partial charge in [-0.15, -0.1) is 0 Å². The molecule has 1 saturated carbocycles. The van der Waals surface area contributed by atoms with Crippen LogP contribution in [0, 0.1) is 12.8 Å². The lowest BCUT2D eigenvalue weighted by Crippen LogP contribution is -2.26. The molecule has 0 aromatic heterocycles. The monoisotopic (exact) mass is 281 g/mol. The molecular formula is C15H23NO2S. The first-order valence-electron chi connectivity index (χ1n) is 6.91. The maximum Gasteiger partial charge on any atom is 0.232 e. The van der Waals surface area contributed by atoms with Gasteiger partial charge in [0, 0.05) is 7.05 Å². The van der Waals surface area contributed by atoms with Gasteiger partial charge in [-0.05, 0) is 42.9 Å². The number of anilines is 1. The first-order chi connectivity index (χ1) is 8.88. The predicted molar refractivity (Wildman–Crippen MR) is 80.1 cm³/mol. The summed E-state index contributed by atoms with van der Waals surface area (Å²) >= 11 is 0. The van der Waals surface area contributed by atoms with Crippen LogP contribution in [0.4, 0.5) is 5.69 Å². The number of hydrogen-bond acceptors (Lipinski definition) is 2. The molecule has 1 fully saturated rings. The third-order valence-corrected chi connectivity index (χ3v) is 5.02. The molecule has 0 radical (unpaired) electrons. The van der Waals surface area contributed by atoms with Crippen LogP contribution in [0.15, 0.2) is 18.2 Å². The van der Waals surface area contributed by atoms with Crippen molar-refractivity contribution in [1.82, 2.24) is 0 Å². The number of benzene rings is 1. The first-order valence-corrected chi connectivity index (χ1v) is 8.76. The summed E-state index contributed by atoms with van der Waals surface area (Å²) in [7, 11) is -1.56. The molecule has 0 aliphatic heterocycles. The molecule has 1 aromatic rings. The minimum atomic E-state index is -3.19. The van der Waals surface area contributed by atoms with Gasteiger partial charge in [-0.2, -0.15) is 0 Å². The van der Waals surface area contributed by atoms with Crippen molar-refractivity contribution in [2.45, 2.75) is 39.0 Å². The second kappa shape index (κ2) is 5.53. The van der Waals surface area contributed by atoms with Gasteiger partial charge in [0.1, 0.15) is 0 Å². The molecule has 0 bridgehead atoms. The zero-order chi connectivity index (χ0) is 14.0. The molecule has 1 aliphatic carbocycles. The summed E-state index contributed by atoms with van der Waals surface area (Å²) in [5, 5.41) is 0. The van der Waals surface area contributed by atoms with Gasteiger partial charge < -0.3 is 0 Å². The van der Waals surface area contributed by atoms with Crippen LogP contribution < -0.4 is 4.31 Å². The largest absolute Gasteiger partial charge is 0.273 e. The molecule has 0 atom stereocenters. The lowest BCUT2D eigenvalue weighted by atomic mass is 10.0. The Morgan fingerprint density at radius 1 is 1.32 bits per heavy atom. The zero-order valence-electron chi connectivity index (χ0n) is 12.0. The van der Waals surface area contributed by atoms with Gasteiger partial charge in [0.2, 0.25) is 10.0 Å². The Morgan fingerprint density at radius 2 is 2.00 bits per heavy atom. The van der Waals surface area contributed by atoms with Crippen molar-refractivity contribution >= 4 is 15.7 Å². The predicted octanol–water partition coefficient (Wildman–Crippen LogP) is 3.12. The summed E-state index contributed by atoms with van der Waals surface area (Å²) < 4.78 is 24.8. The summed E-state index contributed by atoms with van der Waals surface area (Å²) in [4.78, 5) is 0. The highest BCUT2D eigenvalue weighted by Gasteiger charge is 2.21. The Hall–Kier alpha value is -1.03. The van der Waals surface area contributed by atoms with Crippen molar-refractivity contribution in [2.24, 2.45) is 5.92 Å². The van der Waals surface area contributed by atoms with Crippen molar-refractivity contribution in [2.75, 3.05) is 17.6 Å². The number of rotatable bonds is 6. The molecule has 0 unspecified atom stereocenters. The molecule has 0 saturated heterocycles. The number of aryl methyl sites for hydroxylation is 2. The Balaban J connectivity index is 2.16. The van der Waals surface area contributed by atoms with Gasteiger partial charge in [0.25, 0.3) is 0 Å². The lowest BCUT2D eigenvalue weighted by Gasteiger charge is -2.21. The quantitative estimate of drug-likeness (QED) is 0.803. The van der Waals surface area contributed by atoms with Gasteiger partial charge in [0.05, 0.1) is 11.9 Å². The van der Waals surface area contributed by atoms with Crippen LogP contribution in [-0.2, 0) is 16.4 Å². The molecule has 2 rings (SSSR count). The van der Waals surface area contributed by atoms with E-state index in [4.69, 9.17) is 0 Å². The highest BCUT2D eigenvalue weighted by molar-refractivity contribution is 7.92. The molecule has 106 valence electrons. The highest BCUT2D eigenvalue weighted by atomic mass is 32.2. The van der Waals surface area contributed by atoms with E-state index in [1.54, 1.807) is 7.05 Å². The van der Waals surface area contributed by atoms with Crippen LogP contribution in [0.2, 0.25) is 0 Å². The molecule has 4 heteroatoms. The number of sulfonamides is 1. The Labute approximate surface area is 116 Å². The van der Waals surface area contributed by atoms with E-state index in [2.05, 4.69) is 12.1 Å². The SMILES string of the molecule is Cc1ccc(CCCC2CC2)c(N(C)S(C)(=O)=O)c1. The molecule has 19 heavy (non-hydrogen) atoms. The van der Waals surface area contributed by atoms with E-state index in [1.807, 2.05) is 13.0 Å². The summed E-state index contributed by atoms with van der Waals surface area (Å²) in [6.07, 6.45) is 7.40. The van der Waals surface area contributed by atoms with E-state index in [1.165, 1.54) is 29.8 Å². The molecule has 1 aromatic carbocycles. The van der Waals surface area contributed by atoms with E-state index in [0.29, 0.717) is 0 Å². The average molecular weight is 281 g/mol. The topological polar surface area (TPSA) is 37.4 Å². The fourth-order valence-electron chi connectivity index (χ4n) is 2.34. The number of hydrogen-bond donors (Lipinski definition) is 0. The molecule has 3 nitrogen and oxygen atoms in total.